The molecule has 1 aromatic carbocycles. The van der Waals surface area contributed by atoms with Gasteiger partial charge in [0.2, 0.25) is 0 Å². The van der Waals surface area contributed by atoms with Gasteiger partial charge in [0.1, 0.15) is 0 Å². The summed E-state index contributed by atoms with van der Waals surface area (Å²) in [6.07, 6.45) is -5.01. The molecular weight excluding hydrogens is 216 g/mol. The summed E-state index contributed by atoms with van der Waals surface area (Å²) in [7, 11) is -2.16. The van der Waals surface area contributed by atoms with Crippen LogP contribution in [0.4, 0.5) is 13.2 Å². The maximum atomic E-state index is 11.9. The quantitative estimate of drug-likeness (QED) is 0.614. The molecule has 8 heteroatoms. The average molecular weight is 222 g/mol. The molecule has 0 bridgehead atoms. The fourth-order valence-corrected chi connectivity index (χ4v) is 0.972. The molecule has 0 aliphatic heterocycles. The van der Waals surface area contributed by atoms with Crippen LogP contribution in [-0.4, -0.2) is 28.6 Å². The third kappa shape index (κ3) is 3.03. The molecule has 0 saturated heterocycles. The van der Waals surface area contributed by atoms with Gasteiger partial charge in [-0.1, -0.05) is 12.1 Å². The third-order valence-corrected chi connectivity index (χ3v) is 1.52. The first-order valence-corrected chi connectivity index (χ1v) is 3.75. The molecule has 1 aromatic rings. The molecule has 0 aliphatic carbocycles. The Morgan fingerprint density at radius 1 is 1.20 bits per heavy atom. The molecule has 3 N–H and O–H groups in total. The van der Waals surface area contributed by atoms with Crippen LogP contribution in [0, 0.1) is 0 Å². The van der Waals surface area contributed by atoms with E-state index < -0.39 is 30.4 Å². The van der Waals surface area contributed by atoms with Crippen molar-refractivity contribution in [3.8, 4) is 11.5 Å². The summed E-state index contributed by atoms with van der Waals surface area (Å²) < 4.78 is 39.1. The lowest BCUT2D eigenvalue weighted by molar-refractivity contribution is -0.274. The minimum atomic E-state index is -5.01. The zero-order chi connectivity index (χ0) is 11.6. The predicted octanol–water partition coefficient (Wildman–Crippen LogP) is -0.0294. The van der Waals surface area contributed by atoms with Crippen molar-refractivity contribution < 1.29 is 33.1 Å². The van der Waals surface area contributed by atoms with Gasteiger partial charge in [-0.15, -0.1) is 13.2 Å². The number of rotatable bonds is 2. The van der Waals surface area contributed by atoms with E-state index >= 15 is 0 Å². The van der Waals surface area contributed by atoms with E-state index in [1.807, 2.05) is 0 Å². The Balaban J connectivity index is 3.14. The van der Waals surface area contributed by atoms with E-state index in [1.165, 1.54) is 0 Å². The van der Waals surface area contributed by atoms with Gasteiger partial charge >= 0.3 is 13.5 Å². The van der Waals surface area contributed by atoms with E-state index in [1.54, 1.807) is 0 Å². The smallest absolute Gasteiger partial charge is 0.504 e. The highest BCUT2D eigenvalue weighted by Gasteiger charge is 2.35. The number of benzene rings is 1. The minimum absolute atomic E-state index is 0.563. The highest BCUT2D eigenvalue weighted by atomic mass is 19.4. The maximum Gasteiger partial charge on any atom is 0.573 e. The lowest BCUT2D eigenvalue weighted by Crippen LogP contribution is -2.33. The minimum Gasteiger partial charge on any atom is -0.504 e. The number of aromatic hydroxyl groups is 1. The maximum absolute atomic E-state index is 11.9. The van der Waals surface area contributed by atoms with Gasteiger partial charge in [-0.25, -0.2) is 0 Å². The van der Waals surface area contributed by atoms with Gasteiger partial charge < -0.3 is 19.9 Å². The van der Waals surface area contributed by atoms with E-state index in [0.717, 1.165) is 18.2 Å². The molecule has 0 aromatic heterocycles. The molecule has 0 radical (unpaired) electrons. The molecule has 0 atom stereocenters. The Kier molecular flexibility index (Phi) is 3.11. The molecule has 4 nitrogen and oxygen atoms in total. The summed E-state index contributed by atoms with van der Waals surface area (Å²) in [6, 6.07) is 3.09. The molecule has 0 aliphatic rings. The first-order chi connectivity index (χ1) is 6.81. The number of phenolic OH excluding ortho intramolecular Hbond substituents is 1. The first-order valence-electron chi connectivity index (χ1n) is 3.75. The van der Waals surface area contributed by atoms with Gasteiger partial charge in [-0.05, 0) is 6.07 Å². The van der Waals surface area contributed by atoms with Crippen molar-refractivity contribution in [1.82, 2.24) is 0 Å². The van der Waals surface area contributed by atoms with E-state index in [-0.39, 0.29) is 0 Å². The third-order valence-electron chi connectivity index (χ3n) is 1.52. The van der Waals surface area contributed by atoms with E-state index in [4.69, 9.17) is 15.2 Å². The summed E-state index contributed by atoms with van der Waals surface area (Å²) in [5.41, 5.74) is -0.563. The van der Waals surface area contributed by atoms with Gasteiger partial charge in [0, 0.05) is 5.46 Å². The molecule has 0 spiro atoms. The molecule has 82 valence electrons. The molecular formula is C7H6BF3O4. The molecule has 0 fully saturated rings. The monoisotopic (exact) mass is 222 g/mol. The van der Waals surface area contributed by atoms with Crippen LogP contribution in [0.15, 0.2) is 18.2 Å². The van der Waals surface area contributed by atoms with Crippen molar-refractivity contribution in [3.05, 3.63) is 18.2 Å². The Morgan fingerprint density at radius 3 is 2.27 bits per heavy atom. The van der Waals surface area contributed by atoms with Crippen LogP contribution in [0.2, 0.25) is 0 Å². The molecule has 1 rings (SSSR count). The van der Waals surface area contributed by atoms with Crippen LogP contribution in [0.1, 0.15) is 0 Å². The number of hydrogen-bond acceptors (Lipinski definition) is 4. The van der Waals surface area contributed by atoms with Gasteiger partial charge in [0.25, 0.3) is 0 Å². The summed E-state index contributed by atoms with van der Waals surface area (Å²) >= 11 is 0. The van der Waals surface area contributed by atoms with Crippen LogP contribution in [0.25, 0.3) is 0 Å². The van der Waals surface area contributed by atoms with E-state index in [0.29, 0.717) is 0 Å². The Bertz CT molecular complexity index is 353. The van der Waals surface area contributed by atoms with Gasteiger partial charge in [0.05, 0.1) is 0 Å². The lowest BCUT2D eigenvalue weighted by Gasteiger charge is -2.13. The van der Waals surface area contributed by atoms with Crippen molar-refractivity contribution in [2.24, 2.45) is 0 Å². The number of ether oxygens (including phenoxy) is 1. The number of hydrogen-bond donors (Lipinski definition) is 3. The molecule has 0 amide bonds. The van der Waals surface area contributed by atoms with Crippen LogP contribution in [0.3, 0.4) is 0 Å². The second-order valence-electron chi connectivity index (χ2n) is 2.62. The van der Waals surface area contributed by atoms with Crippen molar-refractivity contribution >= 4 is 12.6 Å². The Morgan fingerprint density at radius 2 is 1.80 bits per heavy atom. The topological polar surface area (TPSA) is 69.9 Å². The predicted molar refractivity (Wildman–Crippen MR) is 44.6 cm³/mol. The number of alkyl halides is 3. The summed E-state index contributed by atoms with van der Waals surface area (Å²) in [6.45, 7) is 0. The Hall–Kier alpha value is -1.41. The van der Waals surface area contributed by atoms with Crippen LogP contribution in [0.5, 0.6) is 11.5 Å². The van der Waals surface area contributed by atoms with Crippen LogP contribution < -0.4 is 10.2 Å². The summed E-state index contributed by atoms with van der Waals surface area (Å²) in [4.78, 5) is 0. The second kappa shape index (κ2) is 3.99. The summed E-state index contributed by atoms with van der Waals surface area (Å²) in [5, 5.41) is 26.5. The van der Waals surface area contributed by atoms with E-state index in [9.17, 15) is 13.2 Å². The Labute approximate surface area is 82.7 Å². The van der Waals surface area contributed by atoms with Crippen molar-refractivity contribution in [1.29, 1.82) is 0 Å². The van der Waals surface area contributed by atoms with Gasteiger partial charge in [-0.2, -0.15) is 0 Å². The fourth-order valence-electron chi connectivity index (χ4n) is 0.972. The molecule has 0 heterocycles. The van der Waals surface area contributed by atoms with Crippen molar-refractivity contribution in [2.75, 3.05) is 0 Å². The normalized spacial score (nSPS) is 11.3. The number of para-hydroxylation sites is 1. The molecule has 0 unspecified atom stereocenters. The zero-order valence-corrected chi connectivity index (χ0v) is 7.19. The first kappa shape index (κ1) is 11.7. The van der Waals surface area contributed by atoms with Crippen molar-refractivity contribution in [3.63, 3.8) is 0 Å². The van der Waals surface area contributed by atoms with Crippen LogP contribution in [-0.2, 0) is 0 Å². The molecule has 15 heavy (non-hydrogen) atoms. The number of phenols is 1. The van der Waals surface area contributed by atoms with Crippen molar-refractivity contribution in [2.45, 2.75) is 6.36 Å². The van der Waals surface area contributed by atoms with Gasteiger partial charge in [-0.3, -0.25) is 0 Å². The largest absolute Gasteiger partial charge is 0.573 e. The lowest BCUT2D eigenvalue weighted by atomic mass is 9.79. The summed E-state index contributed by atoms with van der Waals surface area (Å²) in [5.74, 6) is -1.84. The standard InChI is InChI=1S/C7H6BF3O4/c9-7(10,11)15-6-4(8(13)14)2-1-3-5(6)12/h1-3,12-14H. The molecule has 0 saturated carbocycles. The van der Waals surface area contributed by atoms with Gasteiger partial charge in [0.15, 0.2) is 11.5 Å². The fraction of sp³-hybridized carbons (Fsp3) is 0.143. The highest BCUT2D eigenvalue weighted by Crippen LogP contribution is 2.29. The average Bonchev–Trinajstić information content (AvgIpc) is 2.05. The highest BCUT2D eigenvalue weighted by molar-refractivity contribution is 6.59. The zero-order valence-electron chi connectivity index (χ0n) is 7.19. The van der Waals surface area contributed by atoms with Crippen LogP contribution >= 0.6 is 0 Å². The van der Waals surface area contributed by atoms with E-state index in [2.05, 4.69) is 4.74 Å². The number of halogens is 3. The SMILES string of the molecule is OB(O)c1cccc(O)c1OC(F)(F)F. The second-order valence-corrected chi connectivity index (χ2v) is 2.62.